The van der Waals surface area contributed by atoms with E-state index in [2.05, 4.69) is 182 Å². The van der Waals surface area contributed by atoms with Crippen LogP contribution in [0.25, 0.3) is 54.6 Å². The van der Waals surface area contributed by atoms with Gasteiger partial charge in [0.05, 0.1) is 5.69 Å². The molecule has 0 fully saturated rings. The van der Waals surface area contributed by atoms with Crippen molar-refractivity contribution in [3.63, 3.8) is 0 Å². The third-order valence-electron chi connectivity index (χ3n) is 8.80. The first-order chi connectivity index (χ1) is 21.7. The lowest BCUT2D eigenvalue weighted by Gasteiger charge is -2.27. The monoisotopic (exact) mass is 561 g/mol. The fourth-order valence-electron chi connectivity index (χ4n) is 6.57. The van der Waals surface area contributed by atoms with Gasteiger partial charge in [-0.1, -0.05) is 133 Å². The minimum Gasteiger partial charge on any atom is -0.310 e. The lowest BCUT2D eigenvalue weighted by Crippen LogP contribution is -2.10. The molecule has 0 bridgehead atoms. The highest BCUT2D eigenvalue weighted by Crippen LogP contribution is 2.42. The average molecular weight is 562 g/mol. The van der Waals surface area contributed by atoms with E-state index in [1.807, 2.05) is 0 Å². The summed E-state index contributed by atoms with van der Waals surface area (Å²) in [5.41, 5.74) is 9.60. The van der Waals surface area contributed by atoms with Gasteiger partial charge in [-0.2, -0.15) is 0 Å². The van der Waals surface area contributed by atoms with Crippen molar-refractivity contribution in [2.24, 2.45) is 0 Å². The Hall–Kier alpha value is -5.66. The second-order valence-electron chi connectivity index (χ2n) is 11.4. The van der Waals surface area contributed by atoms with Crippen LogP contribution in [0.2, 0.25) is 0 Å². The molecule has 8 aromatic rings. The first-order valence-electron chi connectivity index (χ1n) is 15.2. The van der Waals surface area contributed by atoms with E-state index < -0.39 is 0 Å². The summed E-state index contributed by atoms with van der Waals surface area (Å²) in [4.78, 5) is 2.39. The van der Waals surface area contributed by atoms with Crippen molar-refractivity contribution in [1.82, 2.24) is 0 Å². The molecule has 0 aromatic heterocycles. The number of nitrogens with zero attached hydrogens (tertiary/aromatic N) is 1. The Morgan fingerprint density at radius 2 is 0.886 bits per heavy atom. The van der Waals surface area contributed by atoms with E-state index in [-0.39, 0.29) is 0 Å². The van der Waals surface area contributed by atoms with Crippen LogP contribution in [-0.2, 0) is 0 Å². The Kier molecular flexibility index (Phi) is 6.43. The minimum atomic E-state index is 1.13. The lowest BCUT2D eigenvalue weighted by atomic mass is 9.93. The van der Waals surface area contributed by atoms with E-state index in [1.54, 1.807) is 0 Å². The summed E-state index contributed by atoms with van der Waals surface area (Å²) in [5, 5.41) is 7.63. The van der Waals surface area contributed by atoms with Crippen molar-refractivity contribution in [3.05, 3.63) is 175 Å². The van der Waals surface area contributed by atoms with Gasteiger partial charge >= 0.3 is 0 Å². The minimum absolute atomic E-state index is 1.13. The van der Waals surface area contributed by atoms with Crippen LogP contribution in [0.5, 0.6) is 0 Å². The molecule has 0 aliphatic rings. The van der Waals surface area contributed by atoms with E-state index in [0.29, 0.717) is 0 Å². The van der Waals surface area contributed by atoms with Gasteiger partial charge in [0, 0.05) is 16.8 Å². The number of aryl methyl sites for hydroxylation is 1. The molecule has 0 saturated heterocycles. The second-order valence-corrected chi connectivity index (χ2v) is 11.4. The maximum atomic E-state index is 2.39. The Labute approximate surface area is 258 Å². The molecular formula is C43H31N. The van der Waals surface area contributed by atoms with Gasteiger partial charge < -0.3 is 4.90 Å². The Bertz CT molecular complexity index is 2260. The van der Waals surface area contributed by atoms with Crippen molar-refractivity contribution in [1.29, 1.82) is 0 Å². The molecule has 1 nitrogen and oxygen atoms in total. The van der Waals surface area contributed by atoms with Crippen LogP contribution >= 0.6 is 0 Å². The number of anilines is 3. The highest BCUT2D eigenvalue weighted by molar-refractivity contribution is 6.13. The second kappa shape index (κ2) is 10.9. The maximum Gasteiger partial charge on any atom is 0.0540 e. The number of fused-ring (bicyclic) bond motifs is 4. The summed E-state index contributed by atoms with van der Waals surface area (Å²) >= 11 is 0. The summed E-state index contributed by atoms with van der Waals surface area (Å²) in [5.74, 6) is 0. The Balaban J connectivity index is 1.28. The zero-order chi connectivity index (χ0) is 29.5. The van der Waals surface area contributed by atoms with E-state index in [1.165, 1.54) is 65.8 Å². The Morgan fingerprint density at radius 3 is 1.59 bits per heavy atom. The van der Waals surface area contributed by atoms with Gasteiger partial charge in [-0.05, 0) is 98.1 Å². The molecule has 8 aromatic carbocycles. The molecule has 44 heavy (non-hydrogen) atoms. The van der Waals surface area contributed by atoms with E-state index in [9.17, 15) is 0 Å². The van der Waals surface area contributed by atoms with Gasteiger partial charge in [0.25, 0.3) is 0 Å². The fourth-order valence-corrected chi connectivity index (χ4v) is 6.57. The first kappa shape index (κ1) is 26.0. The highest BCUT2D eigenvalue weighted by atomic mass is 15.1. The molecule has 0 spiro atoms. The first-order valence-corrected chi connectivity index (χ1v) is 15.2. The summed E-state index contributed by atoms with van der Waals surface area (Å²) in [7, 11) is 0. The van der Waals surface area contributed by atoms with Crippen molar-refractivity contribution >= 4 is 49.4 Å². The molecule has 208 valence electrons. The standard InChI is InChI=1S/C43H31N/c1-30-19-28-43(41-18-10-7-14-37(30)41)44(35-24-20-32(21-25-35)31-11-3-2-4-12-31)36-26-22-33(23-27-36)42-29-34-13-5-6-15-38(34)39-16-8-9-17-40(39)42/h2-29H,1H3. The fraction of sp³-hybridized carbons (Fsp3) is 0.0233. The van der Waals surface area contributed by atoms with Gasteiger partial charge in [-0.3, -0.25) is 0 Å². The largest absolute Gasteiger partial charge is 0.310 e. The average Bonchev–Trinajstić information content (AvgIpc) is 3.10. The van der Waals surface area contributed by atoms with Gasteiger partial charge in [0.1, 0.15) is 0 Å². The molecule has 1 heteroatoms. The summed E-state index contributed by atoms with van der Waals surface area (Å²) < 4.78 is 0. The summed E-state index contributed by atoms with van der Waals surface area (Å²) in [6.45, 7) is 2.19. The molecule has 0 unspecified atom stereocenters. The number of hydrogen-bond acceptors (Lipinski definition) is 1. The van der Waals surface area contributed by atoms with Crippen LogP contribution in [0.15, 0.2) is 170 Å². The number of benzene rings is 8. The smallest absolute Gasteiger partial charge is 0.0540 e. The SMILES string of the molecule is Cc1ccc(N(c2ccc(-c3ccccc3)cc2)c2ccc(-c3cc4ccccc4c4ccccc34)cc2)c2ccccc12. The van der Waals surface area contributed by atoms with Gasteiger partial charge in [-0.25, -0.2) is 0 Å². The molecule has 0 aliphatic heterocycles. The third-order valence-corrected chi connectivity index (χ3v) is 8.80. The van der Waals surface area contributed by atoms with Crippen LogP contribution in [-0.4, -0.2) is 0 Å². The van der Waals surface area contributed by atoms with Gasteiger partial charge in [-0.15, -0.1) is 0 Å². The van der Waals surface area contributed by atoms with Crippen molar-refractivity contribution in [2.45, 2.75) is 6.92 Å². The molecule has 0 aliphatic carbocycles. The molecule has 0 saturated carbocycles. The van der Waals surface area contributed by atoms with Crippen LogP contribution in [0, 0.1) is 6.92 Å². The van der Waals surface area contributed by atoms with Gasteiger partial charge in [0.2, 0.25) is 0 Å². The highest BCUT2D eigenvalue weighted by Gasteiger charge is 2.17. The molecule has 8 rings (SSSR count). The van der Waals surface area contributed by atoms with E-state index in [0.717, 1.165) is 11.4 Å². The third kappa shape index (κ3) is 4.51. The molecule has 0 N–H and O–H groups in total. The lowest BCUT2D eigenvalue weighted by molar-refractivity contribution is 1.29. The molecular weight excluding hydrogens is 530 g/mol. The quantitative estimate of drug-likeness (QED) is 0.189. The zero-order valence-corrected chi connectivity index (χ0v) is 24.6. The van der Waals surface area contributed by atoms with Crippen molar-refractivity contribution < 1.29 is 0 Å². The molecule has 0 radical (unpaired) electrons. The molecule has 0 amide bonds. The predicted molar refractivity (Wildman–Crippen MR) is 189 cm³/mol. The van der Waals surface area contributed by atoms with Crippen LogP contribution in [0.4, 0.5) is 17.1 Å². The maximum absolute atomic E-state index is 2.39. The molecule has 0 atom stereocenters. The summed E-state index contributed by atoms with van der Waals surface area (Å²) in [6.07, 6.45) is 0. The number of hydrogen-bond donors (Lipinski definition) is 0. The van der Waals surface area contributed by atoms with Crippen molar-refractivity contribution in [3.8, 4) is 22.3 Å². The van der Waals surface area contributed by atoms with E-state index in [4.69, 9.17) is 0 Å². The normalized spacial score (nSPS) is 11.3. The van der Waals surface area contributed by atoms with Gasteiger partial charge in [0.15, 0.2) is 0 Å². The number of rotatable bonds is 5. The topological polar surface area (TPSA) is 3.24 Å². The predicted octanol–water partition coefficient (Wildman–Crippen LogP) is 12.3. The zero-order valence-electron chi connectivity index (χ0n) is 24.6. The van der Waals surface area contributed by atoms with Crippen LogP contribution < -0.4 is 4.90 Å². The molecule has 0 heterocycles. The van der Waals surface area contributed by atoms with Crippen LogP contribution in [0.1, 0.15) is 5.56 Å². The van der Waals surface area contributed by atoms with E-state index >= 15 is 0 Å². The van der Waals surface area contributed by atoms with Crippen LogP contribution in [0.3, 0.4) is 0 Å². The Morgan fingerprint density at radius 1 is 0.364 bits per heavy atom. The van der Waals surface area contributed by atoms with Crippen molar-refractivity contribution in [2.75, 3.05) is 4.90 Å². The summed E-state index contributed by atoms with van der Waals surface area (Å²) in [6, 6.07) is 61.5.